The van der Waals surface area contributed by atoms with Crippen molar-refractivity contribution in [2.24, 2.45) is 5.73 Å². The van der Waals surface area contributed by atoms with Gasteiger partial charge in [-0.3, -0.25) is 14.9 Å². The number of hydrogen-bond acceptors (Lipinski definition) is 7. The first-order chi connectivity index (χ1) is 11.5. The van der Waals surface area contributed by atoms with Crippen molar-refractivity contribution in [3.8, 4) is 17.0 Å². The normalized spacial score (nSPS) is 10.5. The SMILES string of the molecule is NC(=O)c1n[nH]nc1-c1ccc(OCn2cc([N+](=O)[O-])cn2)cc1. The number of ether oxygens (including phenoxy) is 1. The molecule has 3 N–H and O–H groups in total. The molecular weight excluding hydrogens is 318 g/mol. The molecule has 0 saturated heterocycles. The fourth-order valence-electron chi connectivity index (χ4n) is 1.97. The van der Waals surface area contributed by atoms with Crippen LogP contribution in [-0.2, 0) is 6.73 Å². The zero-order valence-corrected chi connectivity index (χ0v) is 12.1. The highest BCUT2D eigenvalue weighted by Gasteiger charge is 2.15. The molecular formula is C13H11N7O4. The molecule has 0 saturated carbocycles. The Morgan fingerprint density at radius 3 is 2.71 bits per heavy atom. The molecule has 0 aliphatic rings. The van der Waals surface area contributed by atoms with Gasteiger partial charge in [-0.1, -0.05) is 0 Å². The van der Waals surface area contributed by atoms with Gasteiger partial charge >= 0.3 is 5.69 Å². The minimum absolute atomic E-state index is 0.0175. The van der Waals surface area contributed by atoms with Crippen molar-refractivity contribution in [2.75, 3.05) is 0 Å². The Morgan fingerprint density at radius 1 is 1.33 bits per heavy atom. The van der Waals surface area contributed by atoms with Crippen LogP contribution in [0.25, 0.3) is 11.3 Å². The quantitative estimate of drug-likeness (QED) is 0.498. The molecule has 0 aliphatic carbocycles. The first kappa shape index (κ1) is 15.1. The highest BCUT2D eigenvalue weighted by molar-refractivity contribution is 5.96. The summed E-state index contributed by atoms with van der Waals surface area (Å²) >= 11 is 0. The second kappa shape index (κ2) is 6.16. The monoisotopic (exact) mass is 329 g/mol. The largest absolute Gasteiger partial charge is 0.471 e. The Hall–Kier alpha value is -3.76. The fraction of sp³-hybridized carbons (Fsp3) is 0.0769. The van der Waals surface area contributed by atoms with Crippen LogP contribution in [0.2, 0.25) is 0 Å². The molecule has 122 valence electrons. The van der Waals surface area contributed by atoms with Gasteiger partial charge in [-0.2, -0.15) is 20.5 Å². The lowest BCUT2D eigenvalue weighted by Crippen LogP contribution is -2.12. The van der Waals surface area contributed by atoms with Crippen LogP contribution in [0.5, 0.6) is 5.75 Å². The number of nitrogens with two attached hydrogens (primary N) is 1. The van der Waals surface area contributed by atoms with E-state index >= 15 is 0 Å². The zero-order chi connectivity index (χ0) is 17.1. The van der Waals surface area contributed by atoms with Gasteiger partial charge in [0.25, 0.3) is 5.91 Å². The van der Waals surface area contributed by atoms with Gasteiger partial charge in [0.1, 0.15) is 23.8 Å². The van der Waals surface area contributed by atoms with Crippen molar-refractivity contribution < 1.29 is 14.5 Å². The molecule has 24 heavy (non-hydrogen) atoms. The van der Waals surface area contributed by atoms with Gasteiger partial charge < -0.3 is 10.5 Å². The number of aromatic amines is 1. The molecule has 0 spiro atoms. The van der Waals surface area contributed by atoms with Crippen molar-refractivity contribution in [3.63, 3.8) is 0 Å². The Kier molecular flexibility index (Phi) is 3.89. The zero-order valence-electron chi connectivity index (χ0n) is 12.1. The molecule has 11 nitrogen and oxygen atoms in total. The third kappa shape index (κ3) is 3.04. The maximum absolute atomic E-state index is 11.2. The number of amides is 1. The number of carbonyl (C=O) groups is 1. The van der Waals surface area contributed by atoms with Gasteiger partial charge in [-0.15, -0.1) is 0 Å². The summed E-state index contributed by atoms with van der Waals surface area (Å²) in [7, 11) is 0. The van der Waals surface area contributed by atoms with E-state index in [2.05, 4.69) is 20.5 Å². The average Bonchev–Trinajstić information content (AvgIpc) is 3.23. The lowest BCUT2D eigenvalue weighted by Gasteiger charge is -2.06. The minimum atomic E-state index is -0.681. The molecule has 2 heterocycles. The van der Waals surface area contributed by atoms with E-state index in [1.165, 1.54) is 10.9 Å². The third-order valence-electron chi connectivity index (χ3n) is 3.10. The highest BCUT2D eigenvalue weighted by Crippen LogP contribution is 2.22. The molecule has 0 fully saturated rings. The number of H-pyrrole nitrogens is 1. The minimum Gasteiger partial charge on any atom is -0.471 e. The van der Waals surface area contributed by atoms with Gasteiger partial charge in [0, 0.05) is 5.56 Å². The number of nitrogens with zero attached hydrogens (tertiary/aromatic N) is 5. The molecule has 0 radical (unpaired) electrons. The summed E-state index contributed by atoms with van der Waals surface area (Å²) in [6.07, 6.45) is 2.41. The van der Waals surface area contributed by atoms with Crippen LogP contribution >= 0.6 is 0 Å². The van der Waals surface area contributed by atoms with Crippen LogP contribution in [0.3, 0.4) is 0 Å². The molecule has 0 bridgehead atoms. The van der Waals surface area contributed by atoms with Crippen LogP contribution in [0.1, 0.15) is 10.5 Å². The van der Waals surface area contributed by atoms with Crippen molar-refractivity contribution in [3.05, 3.63) is 52.5 Å². The molecule has 2 aromatic heterocycles. The van der Waals surface area contributed by atoms with Crippen LogP contribution < -0.4 is 10.5 Å². The van der Waals surface area contributed by atoms with E-state index in [0.29, 0.717) is 17.0 Å². The van der Waals surface area contributed by atoms with E-state index in [1.807, 2.05) is 0 Å². The summed E-state index contributed by atoms with van der Waals surface area (Å²) in [5.41, 5.74) is 6.14. The van der Waals surface area contributed by atoms with Crippen LogP contribution in [-0.4, -0.2) is 36.0 Å². The predicted molar refractivity (Wildman–Crippen MR) is 79.8 cm³/mol. The lowest BCUT2D eigenvalue weighted by molar-refractivity contribution is -0.385. The van der Waals surface area contributed by atoms with Crippen molar-refractivity contribution in [1.82, 2.24) is 25.2 Å². The van der Waals surface area contributed by atoms with Crippen molar-refractivity contribution in [2.45, 2.75) is 6.73 Å². The molecule has 0 aliphatic heterocycles. The Balaban J connectivity index is 1.69. The van der Waals surface area contributed by atoms with Crippen molar-refractivity contribution >= 4 is 11.6 Å². The number of aromatic nitrogens is 5. The number of primary amides is 1. The number of benzene rings is 1. The topological polar surface area (TPSA) is 155 Å². The lowest BCUT2D eigenvalue weighted by atomic mass is 10.1. The number of rotatable bonds is 6. The molecule has 3 rings (SSSR count). The van der Waals surface area contributed by atoms with Gasteiger partial charge in [0.05, 0.1) is 4.92 Å². The molecule has 11 heteroatoms. The standard InChI is InChI=1S/C13H11N7O4/c14-13(21)12-11(16-18-17-12)8-1-3-10(4-2-8)24-7-19-6-9(5-15-19)20(22)23/h1-6H,7H2,(H2,14,21)(H,16,17,18). The van der Waals surface area contributed by atoms with E-state index < -0.39 is 10.8 Å². The summed E-state index contributed by atoms with van der Waals surface area (Å²) in [5, 5.41) is 24.3. The van der Waals surface area contributed by atoms with Crippen LogP contribution in [0.15, 0.2) is 36.7 Å². The van der Waals surface area contributed by atoms with Gasteiger partial charge in [0.2, 0.25) is 0 Å². The maximum Gasteiger partial charge on any atom is 0.307 e. The summed E-state index contributed by atoms with van der Waals surface area (Å²) in [6.45, 7) is 0.0175. The number of nitrogens with one attached hydrogen (secondary N) is 1. The van der Waals surface area contributed by atoms with Gasteiger partial charge in [-0.05, 0) is 24.3 Å². The summed E-state index contributed by atoms with van der Waals surface area (Å²) < 4.78 is 6.78. The molecule has 1 aromatic carbocycles. The molecule has 0 atom stereocenters. The fourth-order valence-corrected chi connectivity index (χ4v) is 1.97. The molecule has 1 amide bonds. The van der Waals surface area contributed by atoms with E-state index in [0.717, 1.165) is 6.20 Å². The van der Waals surface area contributed by atoms with E-state index in [4.69, 9.17) is 10.5 Å². The molecule has 0 unspecified atom stereocenters. The smallest absolute Gasteiger partial charge is 0.307 e. The number of hydrogen-bond donors (Lipinski definition) is 2. The summed E-state index contributed by atoms with van der Waals surface area (Å²) in [4.78, 5) is 21.3. The second-order valence-corrected chi connectivity index (χ2v) is 4.68. The van der Waals surface area contributed by atoms with Gasteiger partial charge in [0.15, 0.2) is 12.4 Å². The summed E-state index contributed by atoms with van der Waals surface area (Å²) in [6, 6.07) is 6.69. The Bertz CT molecular complexity index is 884. The van der Waals surface area contributed by atoms with E-state index in [9.17, 15) is 14.9 Å². The van der Waals surface area contributed by atoms with Crippen LogP contribution in [0, 0.1) is 10.1 Å². The van der Waals surface area contributed by atoms with E-state index in [-0.39, 0.29) is 18.1 Å². The second-order valence-electron chi connectivity index (χ2n) is 4.68. The third-order valence-corrected chi connectivity index (χ3v) is 3.10. The Morgan fingerprint density at radius 2 is 2.08 bits per heavy atom. The number of nitro groups is 1. The van der Waals surface area contributed by atoms with Crippen molar-refractivity contribution in [1.29, 1.82) is 0 Å². The van der Waals surface area contributed by atoms with Crippen LogP contribution in [0.4, 0.5) is 5.69 Å². The first-order valence-corrected chi connectivity index (χ1v) is 6.65. The maximum atomic E-state index is 11.2. The number of carbonyl (C=O) groups excluding carboxylic acids is 1. The highest BCUT2D eigenvalue weighted by atomic mass is 16.6. The predicted octanol–water partition coefficient (Wildman–Crippen LogP) is 0.712. The summed E-state index contributed by atoms with van der Waals surface area (Å²) in [5.74, 6) is -0.166. The van der Waals surface area contributed by atoms with Gasteiger partial charge in [-0.25, -0.2) is 4.68 Å². The molecule has 3 aromatic rings. The van der Waals surface area contributed by atoms with E-state index in [1.54, 1.807) is 24.3 Å². The Labute approximate surface area is 134 Å². The first-order valence-electron chi connectivity index (χ1n) is 6.65. The average molecular weight is 329 g/mol.